The summed E-state index contributed by atoms with van der Waals surface area (Å²) in [6, 6.07) is 8.46. The molecule has 0 unspecified atom stereocenters. The molecule has 4 nitrogen and oxygen atoms in total. The van der Waals surface area contributed by atoms with Crippen molar-refractivity contribution in [3.05, 3.63) is 36.0 Å². The summed E-state index contributed by atoms with van der Waals surface area (Å²) >= 11 is 0. The van der Waals surface area contributed by atoms with E-state index in [9.17, 15) is 5.11 Å². The molecule has 0 saturated carbocycles. The van der Waals surface area contributed by atoms with Gasteiger partial charge in [0.1, 0.15) is 0 Å². The molecule has 1 aromatic heterocycles. The minimum absolute atomic E-state index is 0.602. The predicted octanol–water partition coefficient (Wildman–Crippen LogP) is 1.80. The van der Waals surface area contributed by atoms with Gasteiger partial charge in [-0.1, -0.05) is 12.1 Å². The largest absolute Gasteiger partial charge is 0.388 e. The second-order valence-corrected chi connectivity index (χ2v) is 5.34. The van der Waals surface area contributed by atoms with Crippen LogP contribution in [0.15, 0.2) is 30.5 Å². The third-order valence-corrected chi connectivity index (χ3v) is 3.83. The lowest BCUT2D eigenvalue weighted by molar-refractivity contribution is -0.0616. The van der Waals surface area contributed by atoms with Crippen molar-refractivity contribution < 1.29 is 9.84 Å². The van der Waals surface area contributed by atoms with E-state index in [2.05, 4.69) is 34.6 Å². The van der Waals surface area contributed by atoms with Gasteiger partial charge in [-0.2, -0.15) is 0 Å². The number of aliphatic hydroxyl groups is 1. The zero-order chi connectivity index (χ0) is 13.1. The van der Waals surface area contributed by atoms with E-state index >= 15 is 0 Å². The number of H-pyrrole nitrogens is 1. The molecule has 102 valence electrons. The molecular weight excluding hydrogens is 240 g/mol. The highest BCUT2D eigenvalue weighted by Gasteiger charge is 2.28. The van der Waals surface area contributed by atoms with Crippen LogP contribution in [-0.2, 0) is 11.3 Å². The normalized spacial score (nSPS) is 18.8. The van der Waals surface area contributed by atoms with Crippen molar-refractivity contribution in [2.75, 3.05) is 19.8 Å². The molecule has 0 amide bonds. The van der Waals surface area contributed by atoms with E-state index in [1.165, 1.54) is 10.9 Å². The Balaban J connectivity index is 1.56. The highest BCUT2D eigenvalue weighted by molar-refractivity contribution is 5.79. The van der Waals surface area contributed by atoms with Crippen molar-refractivity contribution in [1.82, 2.24) is 10.3 Å². The standard InChI is InChI=1S/C15H20N2O2/c18-15(4-7-19-8-5-15)11-16-10-12-1-2-13-3-6-17-14(13)9-12/h1-3,6,9,16-18H,4-5,7-8,10-11H2. The molecule has 0 atom stereocenters. The molecule has 0 radical (unpaired) electrons. The summed E-state index contributed by atoms with van der Waals surface area (Å²) in [6.45, 7) is 2.72. The van der Waals surface area contributed by atoms with Crippen LogP contribution in [0.3, 0.4) is 0 Å². The maximum Gasteiger partial charge on any atom is 0.0815 e. The molecule has 1 aliphatic heterocycles. The first-order valence-corrected chi connectivity index (χ1v) is 6.82. The average molecular weight is 260 g/mol. The van der Waals surface area contributed by atoms with Gasteiger partial charge >= 0.3 is 0 Å². The second kappa shape index (κ2) is 5.33. The Bertz CT molecular complexity index is 544. The lowest BCUT2D eigenvalue weighted by Gasteiger charge is -2.32. The molecular formula is C15H20N2O2. The van der Waals surface area contributed by atoms with E-state index in [0.29, 0.717) is 19.8 Å². The quantitative estimate of drug-likeness (QED) is 0.785. The third-order valence-electron chi connectivity index (χ3n) is 3.83. The average Bonchev–Trinajstić information content (AvgIpc) is 2.87. The number of nitrogens with one attached hydrogen (secondary N) is 2. The number of rotatable bonds is 4. The second-order valence-electron chi connectivity index (χ2n) is 5.34. The zero-order valence-corrected chi connectivity index (χ0v) is 11.0. The fourth-order valence-electron chi connectivity index (χ4n) is 2.57. The number of benzene rings is 1. The molecule has 1 fully saturated rings. The molecule has 0 bridgehead atoms. The number of hydrogen-bond acceptors (Lipinski definition) is 3. The monoisotopic (exact) mass is 260 g/mol. The first-order valence-electron chi connectivity index (χ1n) is 6.82. The lowest BCUT2D eigenvalue weighted by Crippen LogP contribution is -2.44. The highest BCUT2D eigenvalue weighted by atomic mass is 16.5. The summed E-state index contributed by atoms with van der Waals surface area (Å²) in [6.07, 6.45) is 3.39. The van der Waals surface area contributed by atoms with Gasteiger partial charge < -0.3 is 20.1 Å². The van der Waals surface area contributed by atoms with Gasteiger partial charge in [0.15, 0.2) is 0 Å². The van der Waals surface area contributed by atoms with E-state index in [1.807, 2.05) is 6.20 Å². The zero-order valence-electron chi connectivity index (χ0n) is 11.0. The van der Waals surface area contributed by atoms with Gasteiger partial charge in [-0.3, -0.25) is 0 Å². The Hall–Kier alpha value is -1.36. The van der Waals surface area contributed by atoms with E-state index in [4.69, 9.17) is 4.74 Å². The molecule has 0 spiro atoms. The summed E-state index contributed by atoms with van der Waals surface area (Å²) in [5.74, 6) is 0. The van der Waals surface area contributed by atoms with Crippen LogP contribution >= 0.6 is 0 Å². The fraction of sp³-hybridized carbons (Fsp3) is 0.467. The van der Waals surface area contributed by atoms with Crippen molar-refractivity contribution in [3.8, 4) is 0 Å². The molecule has 3 N–H and O–H groups in total. The summed E-state index contributed by atoms with van der Waals surface area (Å²) in [4.78, 5) is 3.21. The van der Waals surface area contributed by atoms with Gasteiger partial charge in [-0.25, -0.2) is 0 Å². The molecule has 1 aromatic carbocycles. The van der Waals surface area contributed by atoms with Gasteiger partial charge in [0.2, 0.25) is 0 Å². The Morgan fingerprint density at radius 2 is 2.11 bits per heavy atom. The van der Waals surface area contributed by atoms with Crippen LogP contribution in [0, 0.1) is 0 Å². The summed E-state index contributed by atoms with van der Waals surface area (Å²) in [5, 5.41) is 14.9. The van der Waals surface area contributed by atoms with E-state index in [-0.39, 0.29) is 0 Å². The SMILES string of the molecule is OC1(CNCc2ccc3cc[nH]c3c2)CCOCC1. The number of aromatic amines is 1. The molecule has 4 heteroatoms. The molecule has 3 rings (SSSR count). The molecule has 19 heavy (non-hydrogen) atoms. The first kappa shape index (κ1) is 12.7. The predicted molar refractivity (Wildman–Crippen MR) is 75.0 cm³/mol. The third kappa shape index (κ3) is 2.97. The minimum atomic E-state index is -0.602. The van der Waals surface area contributed by atoms with Gasteiger partial charge in [-0.05, 0) is 23.1 Å². The van der Waals surface area contributed by atoms with Crippen LogP contribution in [0.5, 0.6) is 0 Å². The fourth-order valence-corrected chi connectivity index (χ4v) is 2.57. The van der Waals surface area contributed by atoms with Gasteiger partial charge in [0.05, 0.1) is 5.60 Å². The van der Waals surface area contributed by atoms with Crippen LogP contribution < -0.4 is 5.32 Å². The summed E-state index contributed by atoms with van der Waals surface area (Å²) < 4.78 is 5.28. The van der Waals surface area contributed by atoms with Gasteiger partial charge in [0.25, 0.3) is 0 Å². The Kier molecular flexibility index (Phi) is 3.55. The lowest BCUT2D eigenvalue weighted by atomic mass is 9.94. The number of aromatic nitrogens is 1. The molecule has 1 aliphatic rings. The maximum absolute atomic E-state index is 10.3. The number of fused-ring (bicyclic) bond motifs is 1. The Labute approximate surface area is 112 Å². The van der Waals surface area contributed by atoms with E-state index in [1.54, 1.807) is 0 Å². The van der Waals surface area contributed by atoms with Crippen LogP contribution in [0.25, 0.3) is 10.9 Å². The molecule has 0 aliphatic carbocycles. The van der Waals surface area contributed by atoms with Gasteiger partial charge in [-0.15, -0.1) is 0 Å². The topological polar surface area (TPSA) is 57.3 Å². The van der Waals surface area contributed by atoms with E-state index in [0.717, 1.165) is 24.9 Å². The highest BCUT2D eigenvalue weighted by Crippen LogP contribution is 2.19. The van der Waals surface area contributed by atoms with Crippen molar-refractivity contribution in [2.24, 2.45) is 0 Å². The first-order chi connectivity index (χ1) is 9.25. The Morgan fingerprint density at radius 1 is 1.26 bits per heavy atom. The molecule has 1 saturated heterocycles. The van der Waals surface area contributed by atoms with Crippen LogP contribution in [0.2, 0.25) is 0 Å². The molecule has 2 heterocycles. The smallest absolute Gasteiger partial charge is 0.0815 e. The summed E-state index contributed by atoms with van der Waals surface area (Å²) in [7, 11) is 0. The number of ether oxygens (including phenoxy) is 1. The van der Waals surface area contributed by atoms with Crippen LogP contribution in [-0.4, -0.2) is 35.5 Å². The van der Waals surface area contributed by atoms with Gasteiger partial charge in [0, 0.05) is 50.9 Å². The van der Waals surface area contributed by atoms with Crippen molar-refractivity contribution >= 4 is 10.9 Å². The minimum Gasteiger partial charge on any atom is -0.388 e. The van der Waals surface area contributed by atoms with Crippen molar-refractivity contribution in [1.29, 1.82) is 0 Å². The van der Waals surface area contributed by atoms with Crippen molar-refractivity contribution in [3.63, 3.8) is 0 Å². The van der Waals surface area contributed by atoms with E-state index < -0.39 is 5.60 Å². The molecule has 2 aromatic rings. The van der Waals surface area contributed by atoms with Crippen LogP contribution in [0.1, 0.15) is 18.4 Å². The number of hydrogen-bond donors (Lipinski definition) is 3. The Morgan fingerprint density at radius 3 is 2.95 bits per heavy atom. The maximum atomic E-state index is 10.3. The van der Waals surface area contributed by atoms with Crippen LogP contribution in [0.4, 0.5) is 0 Å². The van der Waals surface area contributed by atoms with Crippen molar-refractivity contribution in [2.45, 2.75) is 25.0 Å². The summed E-state index contributed by atoms with van der Waals surface area (Å²) in [5.41, 5.74) is 1.78.